The minimum atomic E-state index is -3.14. The molecule has 108 valence electrons. The van der Waals surface area contributed by atoms with Gasteiger partial charge in [0.15, 0.2) is 9.84 Å². The highest BCUT2D eigenvalue weighted by molar-refractivity contribution is 7.91. The van der Waals surface area contributed by atoms with E-state index in [0.717, 1.165) is 5.69 Å². The summed E-state index contributed by atoms with van der Waals surface area (Å²) in [7, 11) is -1.18. The molecule has 0 bridgehead atoms. The second-order valence-corrected chi connectivity index (χ2v) is 7.50. The largest absolute Gasteiger partial charge is 0.368 e. The first kappa shape index (κ1) is 16.0. The lowest BCUT2D eigenvalue weighted by molar-refractivity contribution is 0.498. The number of anilines is 1. The second-order valence-electron chi connectivity index (χ2n) is 5.39. The Kier molecular flexibility index (Phi) is 4.98. The maximum Gasteiger partial charge on any atom is 0.178 e. The number of hydrogen-bond acceptors (Lipinski definition) is 4. The van der Waals surface area contributed by atoms with Gasteiger partial charge in [-0.15, -0.1) is 0 Å². The molecular formula is C14H24N2O2S. The molecule has 0 unspecified atom stereocenters. The van der Waals surface area contributed by atoms with Gasteiger partial charge in [-0.2, -0.15) is 0 Å². The Morgan fingerprint density at radius 2 is 1.74 bits per heavy atom. The van der Waals surface area contributed by atoms with E-state index >= 15 is 0 Å². The lowest BCUT2D eigenvalue weighted by Crippen LogP contribution is -2.47. The van der Waals surface area contributed by atoms with E-state index in [9.17, 15) is 8.42 Å². The van der Waals surface area contributed by atoms with Crippen LogP contribution in [0.25, 0.3) is 0 Å². The van der Waals surface area contributed by atoms with Crippen molar-refractivity contribution in [3.05, 3.63) is 24.3 Å². The average molecular weight is 284 g/mol. The number of rotatable bonds is 6. The molecular weight excluding hydrogens is 260 g/mol. The average Bonchev–Trinajstić information content (AvgIpc) is 2.38. The van der Waals surface area contributed by atoms with Crippen molar-refractivity contribution >= 4 is 15.5 Å². The highest BCUT2D eigenvalue weighted by atomic mass is 32.2. The van der Waals surface area contributed by atoms with Gasteiger partial charge < -0.3 is 10.6 Å². The highest BCUT2D eigenvalue weighted by Crippen LogP contribution is 2.23. The second kappa shape index (κ2) is 5.92. The van der Waals surface area contributed by atoms with E-state index in [1.807, 2.05) is 26.1 Å². The topological polar surface area (TPSA) is 63.4 Å². The Bertz CT molecular complexity index is 507. The minimum Gasteiger partial charge on any atom is -0.368 e. The predicted molar refractivity (Wildman–Crippen MR) is 80.3 cm³/mol. The summed E-state index contributed by atoms with van der Waals surface area (Å²) >= 11 is 0. The lowest BCUT2D eigenvalue weighted by atomic mass is 10.0. The van der Waals surface area contributed by atoms with Crippen molar-refractivity contribution in [2.24, 2.45) is 5.73 Å². The van der Waals surface area contributed by atoms with Gasteiger partial charge in [0, 0.05) is 24.8 Å². The van der Waals surface area contributed by atoms with Crippen molar-refractivity contribution in [1.82, 2.24) is 0 Å². The van der Waals surface area contributed by atoms with Crippen molar-refractivity contribution in [3.63, 3.8) is 0 Å². The van der Waals surface area contributed by atoms with Crippen LogP contribution >= 0.6 is 0 Å². The van der Waals surface area contributed by atoms with Gasteiger partial charge in [-0.05, 0) is 44.5 Å². The predicted octanol–water partition coefficient (Wildman–Crippen LogP) is 2.04. The molecule has 0 fully saturated rings. The zero-order chi connectivity index (χ0) is 14.7. The van der Waals surface area contributed by atoms with Crippen molar-refractivity contribution in [1.29, 1.82) is 0 Å². The number of hydrogen-bond donors (Lipinski definition) is 1. The van der Waals surface area contributed by atoms with Crippen LogP contribution in [0.2, 0.25) is 0 Å². The molecule has 0 aliphatic carbocycles. The summed E-state index contributed by atoms with van der Waals surface area (Å²) in [6, 6.07) is 7.01. The van der Waals surface area contributed by atoms with E-state index in [1.54, 1.807) is 12.1 Å². The third-order valence-corrected chi connectivity index (χ3v) is 5.40. The summed E-state index contributed by atoms with van der Waals surface area (Å²) < 4.78 is 23.9. The summed E-state index contributed by atoms with van der Waals surface area (Å²) in [5.74, 6) is 0.191. The minimum absolute atomic E-state index is 0.163. The Morgan fingerprint density at radius 1 is 1.21 bits per heavy atom. The normalized spacial score (nSPS) is 12.5. The van der Waals surface area contributed by atoms with Gasteiger partial charge in [-0.3, -0.25) is 0 Å². The number of nitrogens with zero attached hydrogens (tertiary/aromatic N) is 1. The molecule has 0 atom stereocenters. The zero-order valence-corrected chi connectivity index (χ0v) is 13.0. The molecule has 0 aromatic heterocycles. The molecule has 0 radical (unpaired) electrons. The molecule has 0 saturated heterocycles. The molecule has 0 amide bonds. The first-order valence-corrected chi connectivity index (χ1v) is 8.16. The molecule has 19 heavy (non-hydrogen) atoms. The molecule has 4 nitrogen and oxygen atoms in total. The van der Waals surface area contributed by atoms with Gasteiger partial charge in [-0.1, -0.05) is 6.92 Å². The maximum atomic E-state index is 11.9. The summed E-state index contributed by atoms with van der Waals surface area (Å²) in [5.41, 5.74) is 6.55. The fraction of sp³-hybridized carbons (Fsp3) is 0.571. The number of nitrogens with two attached hydrogens (primary N) is 1. The fourth-order valence-electron chi connectivity index (χ4n) is 1.75. The molecule has 1 aromatic carbocycles. The number of benzene rings is 1. The van der Waals surface area contributed by atoms with Gasteiger partial charge in [0.1, 0.15) is 0 Å². The Labute approximate surface area is 116 Å². The maximum absolute atomic E-state index is 11.9. The molecule has 1 rings (SSSR count). The van der Waals surface area contributed by atoms with Crippen LogP contribution in [0.5, 0.6) is 0 Å². The van der Waals surface area contributed by atoms with Crippen LogP contribution in [0.3, 0.4) is 0 Å². The van der Waals surface area contributed by atoms with Crippen LogP contribution in [0.4, 0.5) is 5.69 Å². The fourth-order valence-corrected chi connectivity index (χ4v) is 3.07. The van der Waals surface area contributed by atoms with E-state index in [2.05, 4.69) is 18.7 Å². The third-order valence-electron chi connectivity index (χ3n) is 3.46. The van der Waals surface area contributed by atoms with Crippen LogP contribution < -0.4 is 10.6 Å². The summed E-state index contributed by atoms with van der Waals surface area (Å²) in [4.78, 5) is 2.44. The van der Waals surface area contributed by atoms with Crippen LogP contribution in [-0.4, -0.2) is 33.3 Å². The Balaban J connectivity index is 3.01. The van der Waals surface area contributed by atoms with E-state index in [-0.39, 0.29) is 11.3 Å². The first-order valence-electron chi connectivity index (χ1n) is 6.51. The molecule has 0 aliphatic heterocycles. The van der Waals surface area contributed by atoms with Gasteiger partial charge in [0.05, 0.1) is 10.6 Å². The van der Waals surface area contributed by atoms with Crippen molar-refractivity contribution in [3.8, 4) is 0 Å². The molecule has 0 heterocycles. The van der Waals surface area contributed by atoms with Crippen LogP contribution in [-0.2, 0) is 9.84 Å². The third kappa shape index (κ3) is 3.70. The SMILES string of the molecule is CCCS(=O)(=O)c1ccc(N(C)C(C)(C)CN)cc1. The quantitative estimate of drug-likeness (QED) is 0.868. The van der Waals surface area contributed by atoms with E-state index < -0.39 is 9.84 Å². The van der Waals surface area contributed by atoms with Gasteiger partial charge >= 0.3 is 0 Å². The van der Waals surface area contributed by atoms with Crippen LogP contribution in [0.1, 0.15) is 27.2 Å². The van der Waals surface area contributed by atoms with Gasteiger partial charge in [-0.25, -0.2) is 8.42 Å². The highest BCUT2D eigenvalue weighted by Gasteiger charge is 2.22. The smallest absolute Gasteiger partial charge is 0.178 e. The number of likely N-dealkylation sites (N-methyl/N-ethyl adjacent to an activating group) is 1. The Hall–Kier alpha value is -1.07. The first-order chi connectivity index (χ1) is 8.74. The van der Waals surface area contributed by atoms with Crippen molar-refractivity contribution < 1.29 is 8.42 Å². The van der Waals surface area contributed by atoms with E-state index in [0.29, 0.717) is 17.9 Å². The monoisotopic (exact) mass is 284 g/mol. The van der Waals surface area contributed by atoms with Crippen molar-refractivity contribution in [2.75, 3.05) is 24.2 Å². The van der Waals surface area contributed by atoms with Crippen LogP contribution in [0.15, 0.2) is 29.2 Å². The molecule has 2 N–H and O–H groups in total. The molecule has 5 heteroatoms. The van der Waals surface area contributed by atoms with E-state index in [4.69, 9.17) is 5.73 Å². The lowest BCUT2D eigenvalue weighted by Gasteiger charge is -2.36. The zero-order valence-electron chi connectivity index (χ0n) is 12.2. The molecule has 1 aromatic rings. The molecule has 0 spiro atoms. The summed E-state index contributed by atoms with van der Waals surface area (Å²) in [6.07, 6.45) is 0.629. The van der Waals surface area contributed by atoms with Gasteiger partial charge in [0.2, 0.25) is 0 Å². The summed E-state index contributed by atoms with van der Waals surface area (Å²) in [5, 5.41) is 0. The molecule has 0 aliphatic rings. The number of sulfone groups is 1. The van der Waals surface area contributed by atoms with E-state index in [1.165, 1.54) is 0 Å². The Morgan fingerprint density at radius 3 is 2.16 bits per heavy atom. The van der Waals surface area contributed by atoms with Gasteiger partial charge in [0.25, 0.3) is 0 Å². The standard InChI is InChI=1S/C14H24N2O2S/c1-5-10-19(17,18)13-8-6-12(7-9-13)16(4)14(2,3)11-15/h6-9H,5,10-11,15H2,1-4H3. The van der Waals surface area contributed by atoms with Crippen molar-refractivity contribution in [2.45, 2.75) is 37.6 Å². The van der Waals surface area contributed by atoms with Crippen LogP contribution in [0, 0.1) is 0 Å². The molecule has 0 saturated carbocycles. The summed E-state index contributed by atoms with van der Waals surface area (Å²) in [6.45, 7) is 6.49.